The second-order valence-electron chi connectivity index (χ2n) is 3.03. The van der Waals surface area contributed by atoms with Gasteiger partial charge in [-0.25, -0.2) is 4.39 Å². The molecule has 0 atom stereocenters. The van der Waals surface area contributed by atoms with E-state index in [1.165, 1.54) is 0 Å². The number of ether oxygens (including phenoxy) is 1. The summed E-state index contributed by atoms with van der Waals surface area (Å²) in [5.41, 5.74) is 4.92. The molecule has 3 N–H and O–H groups in total. The summed E-state index contributed by atoms with van der Waals surface area (Å²) < 4.78 is 53.0. The highest BCUT2D eigenvalue weighted by Gasteiger charge is 2.29. The lowest BCUT2D eigenvalue weighted by molar-refractivity contribution is -0.153. The summed E-state index contributed by atoms with van der Waals surface area (Å²) >= 11 is 0. The fourth-order valence-corrected chi connectivity index (χ4v) is 1.04. The molecule has 0 bridgehead atoms. The van der Waals surface area contributed by atoms with Crippen molar-refractivity contribution >= 4 is 5.84 Å². The average molecular weight is 252 g/mol. The summed E-state index contributed by atoms with van der Waals surface area (Å²) in [4.78, 5) is 0. The van der Waals surface area contributed by atoms with Gasteiger partial charge in [-0.05, 0) is 18.2 Å². The average Bonchev–Trinajstić information content (AvgIpc) is 2.25. The van der Waals surface area contributed by atoms with Crippen LogP contribution in [-0.4, -0.2) is 23.8 Å². The fourth-order valence-electron chi connectivity index (χ4n) is 1.04. The molecule has 0 saturated heterocycles. The summed E-state index contributed by atoms with van der Waals surface area (Å²) in [7, 11) is 0. The van der Waals surface area contributed by atoms with Crippen LogP contribution >= 0.6 is 0 Å². The van der Waals surface area contributed by atoms with Crippen molar-refractivity contribution in [3.05, 3.63) is 29.6 Å². The largest absolute Gasteiger partial charge is 0.483 e. The van der Waals surface area contributed by atoms with Crippen LogP contribution in [0.2, 0.25) is 0 Å². The molecule has 4 nitrogen and oxygen atoms in total. The Kier molecular flexibility index (Phi) is 3.77. The van der Waals surface area contributed by atoms with Crippen LogP contribution in [-0.2, 0) is 0 Å². The van der Waals surface area contributed by atoms with E-state index < -0.39 is 24.4 Å². The normalized spacial score (nSPS) is 12.6. The first kappa shape index (κ1) is 13.1. The molecular weight excluding hydrogens is 244 g/mol. The standard InChI is InChI=1S/C9H8F4N2O2/c10-5-1-2-7(17-4-9(11,12)13)6(3-5)8(14)15-16/h1-3,16H,4H2,(H2,14,15). The first-order valence-electron chi connectivity index (χ1n) is 4.30. The zero-order valence-corrected chi connectivity index (χ0v) is 8.33. The number of alkyl halides is 3. The third kappa shape index (κ3) is 3.82. The Morgan fingerprint density at radius 1 is 1.41 bits per heavy atom. The zero-order chi connectivity index (χ0) is 13.1. The molecule has 0 aliphatic rings. The van der Waals surface area contributed by atoms with Crippen LogP contribution in [0.5, 0.6) is 5.75 Å². The minimum absolute atomic E-state index is 0.253. The van der Waals surface area contributed by atoms with Crippen LogP contribution in [0.1, 0.15) is 5.56 Å². The predicted octanol–water partition coefficient (Wildman–Crippen LogP) is 1.86. The Balaban J connectivity index is 2.99. The monoisotopic (exact) mass is 252 g/mol. The third-order valence-corrected chi connectivity index (χ3v) is 1.72. The van der Waals surface area contributed by atoms with Gasteiger partial charge >= 0.3 is 6.18 Å². The first-order chi connectivity index (χ1) is 7.83. The molecule has 0 unspecified atom stereocenters. The molecule has 0 fully saturated rings. The number of hydrogen-bond acceptors (Lipinski definition) is 3. The van der Waals surface area contributed by atoms with Crippen molar-refractivity contribution in [1.29, 1.82) is 0 Å². The van der Waals surface area contributed by atoms with E-state index in [0.29, 0.717) is 0 Å². The van der Waals surface area contributed by atoms with E-state index in [4.69, 9.17) is 10.9 Å². The summed E-state index contributed by atoms with van der Waals surface area (Å²) in [6.45, 7) is -1.55. The Morgan fingerprint density at radius 3 is 2.59 bits per heavy atom. The molecule has 1 aromatic rings. The number of amidine groups is 1. The quantitative estimate of drug-likeness (QED) is 0.283. The Labute approximate surface area is 93.3 Å². The van der Waals surface area contributed by atoms with Gasteiger partial charge < -0.3 is 15.7 Å². The fraction of sp³-hybridized carbons (Fsp3) is 0.222. The Bertz CT molecular complexity index is 431. The van der Waals surface area contributed by atoms with Crippen molar-refractivity contribution < 1.29 is 27.5 Å². The first-order valence-corrected chi connectivity index (χ1v) is 4.30. The Hall–Kier alpha value is -1.99. The molecule has 0 aromatic heterocycles. The second kappa shape index (κ2) is 4.89. The minimum Gasteiger partial charge on any atom is -0.483 e. The predicted molar refractivity (Wildman–Crippen MR) is 50.5 cm³/mol. The van der Waals surface area contributed by atoms with Crippen LogP contribution in [0.15, 0.2) is 23.4 Å². The minimum atomic E-state index is -4.53. The smallest absolute Gasteiger partial charge is 0.422 e. The third-order valence-electron chi connectivity index (χ3n) is 1.72. The maximum atomic E-state index is 12.8. The van der Waals surface area contributed by atoms with Crippen molar-refractivity contribution in [1.82, 2.24) is 0 Å². The molecule has 17 heavy (non-hydrogen) atoms. The van der Waals surface area contributed by atoms with Gasteiger partial charge in [-0.2, -0.15) is 13.2 Å². The molecular formula is C9H8F4N2O2. The van der Waals surface area contributed by atoms with E-state index in [2.05, 4.69) is 9.89 Å². The lowest BCUT2D eigenvalue weighted by atomic mass is 10.2. The van der Waals surface area contributed by atoms with Gasteiger partial charge in [-0.3, -0.25) is 0 Å². The molecule has 94 valence electrons. The van der Waals surface area contributed by atoms with Gasteiger partial charge in [-0.1, -0.05) is 5.16 Å². The van der Waals surface area contributed by atoms with Crippen LogP contribution in [0, 0.1) is 5.82 Å². The zero-order valence-electron chi connectivity index (χ0n) is 8.33. The van der Waals surface area contributed by atoms with Crippen molar-refractivity contribution in [2.24, 2.45) is 10.9 Å². The SMILES string of the molecule is NC(=NO)c1cc(F)ccc1OCC(F)(F)F. The highest BCUT2D eigenvalue weighted by molar-refractivity contribution is 5.99. The highest BCUT2D eigenvalue weighted by Crippen LogP contribution is 2.23. The van der Waals surface area contributed by atoms with Crippen molar-refractivity contribution in [2.45, 2.75) is 6.18 Å². The molecule has 0 heterocycles. The summed E-state index contributed by atoms with van der Waals surface area (Å²) in [6, 6.07) is 2.68. The number of halogens is 4. The molecule has 0 radical (unpaired) electrons. The van der Waals surface area contributed by atoms with Crippen molar-refractivity contribution in [3.63, 3.8) is 0 Å². The van der Waals surface area contributed by atoms with Gasteiger partial charge in [-0.15, -0.1) is 0 Å². The second-order valence-corrected chi connectivity index (χ2v) is 3.03. The molecule has 8 heteroatoms. The van der Waals surface area contributed by atoms with Gasteiger partial charge in [0.2, 0.25) is 0 Å². The van der Waals surface area contributed by atoms with Crippen LogP contribution in [0.3, 0.4) is 0 Å². The van der Waals surface area contributed by atoms with E-state index in [1.54, 1.807) is 0 Å². The van der Waals surface area contributed by atoms with Crippen LogP contribution in [0.25, 0.3) is 0 Å². The number of nitrogens with two attached hydrogens (primary N) is 1. The molecule has 1 aromatic carbocycles. The van der Waals surface area contributed by atoms with E-state index in [0.717, 1.165) is 18.2 Å². The number of rotatable bonds is 3. The van der Waals surface area contributed by atoms with Gasteiger partial charge in [0.05, 0.1) is 5.56 Å². The van der Waals surface area contributed by atoms with Crippen molar-refractivity contribution in [2.75, 3.05) is 6.61 Å². The topological polar surface area (TPSA) is 67.8 Å². The van der Waals surface area contributed by atoms with Gasteiger partial charge in [0.1, 0.15) is 11.6 Å². The molecule has 0 aliphatic carbocycles. The van der Waals surface area contributed by atoms with E-state index in [1.807, 2.05) is 0 Å². The van der Waals surface area contributed by atoms with Crippen molar-refractivity contribution in [3.8, 4) is 5.75 Å². The molecule has 0 spiro atoms. The van der Waals surface area contributed by atoms with Gasteiger partial charge in [0.25, 0.3) is 0 Å². The lowest BCUT2D eigenvalue weighted by Crippen LogP contribution is -2.21. The number of benzene rings is 1. The number of oxime groups is 1. The molecule has 0 aliphatic heterocycles. The molecule has 1 rings (SSSR count). The maximum Gasteiger partial charge on any atom is 0.422 e. The van der Waals surface area contributed by atoms with Gasteiger partial charge in [0, 0.05) is 0 Å². The summed E-state index contributed by atoms with van der Waals surface area (Å²) in [6.07, 6.45) is -4.53. The van der Waals surface area contributed by atoms with E-state index in [9.17, 15) is 17.6 Å². The number of nitrogens with zero attached hydrogens (tertiary/aromatic N) is 1. The number of hydrogen-bond donors (Lipinski definition) is 2. The molecule has 0 amide bonds. The van der Waals surface area contributed by atoms with E-state index >= 15 is 0 Å². The Morgan fingerprint density at radius 2 is 2.06 bits per heavy atom. The van der Waals surface area contributed by atoms with Crippen LogP contribution < -0.4 is 10.5 Å². The summed E-state index contributed by atoms with van der Waals surface area (Å²) in [5.74, 6) is -1.60. The highest BCUT2D eigenvalue weighted by atomic mass is 19.4. The summed E-state index contributed by atoms with van der Waals surface area (Å²) in [5, 5.41) is 11.0. The molecule has 0 saturated carbocycles. The van der Waals surface area contributed by atoms with E-state index in [-0.39, 0.29) is 11.3 Å². The lowest BCUT2D eigenvalue weighted by Gasteiger charge is -2.12. The maximum absolute atomic E-state index is 12.8. The van der Waals surface area contributed by atoms with Gasteiger partial charge in [0.15, 0.2) is 12.4 Å². The van der Waals surface area contributed by atoms with Crippen LogP contribution in [0.4, 0.5) is 17.6 Å².